The second-order valence-electron chi connectivity index (χ2n) is 8.92. The van der Waals surface area contributed by atoms with Crippen molar-refractivity contribution >= 4 is 23.1 Å². The molecule has 3 heterocycles. The van der Waals surface area contributed by atoms with Crippen LogP contribution in [0.5, 0.6) is 0 Å². The number of rotatable bonds is 5. The molecule has 0 radical (unpaired) electrons. The van der Waals surface area contributed by atoms with E-state index in [1.807, 2.05) is 51.9 Å². The fourth-order valence-electron chi connectivity index (χ4n) is 4.70. The smallest absolute Gasteiger partial charge is 0.254 e. The van der Waals surface area contributed by atoms with Crippen LogP contribution in [0.15, 0.2) is 42.6 Å². The summed E-state index contributed by atoms with van der Waals surface area (Å²) in [5.41, 5.74) is 3.03. The molecule has 1 atom stereocenters. The fourth-order valence-corrected chi connectivity index (χ4v) is 4.70. The summed E-state index contributed by atoms with van der Waals surface area (Å²) >= 11 is 0. The van der Waals surface area contributed by atoms with Crippen molar-refractivity contribution in [1.29, 1.82) is 0 Å². The number of likely N-dealkylation sites (tertiary alicyclic amines) is 1. The highest BCUT2D eigenvalue weighted by Crippen LogP contribution is 2.28. The van der Waals surface area contributed by atoms with E-state index in [4.69, 9.17) is 0 Å². The molecule has 1 N–H and O–H groups in total. The van der Waals surface area contributed by atoms with E-state index in [1.54, 1.807) is 0 Å². The number of pyridine rings is 1. The number of amides is 2. The molecule has 2 aromatic heterocycles. The van der Waals surface area contributed by atoms with E-state index in [0.717, 1.165) is 56.3 Å². The van der Waals surface area contributed by atoms with Crippen molar-refractivity contribution in [3.8, 4) is 11.4 Å². The van der Waals surface area contributed by atoms with Crippen molar-refractivity contribution in [2.24, 2.45) is 5.92 Å². The van der Waals surface area contributed by atoms with Crippen LogP contribution in [0, 0.1) is 5.92 Å². The Morgan fingerprint density at radius 3 is 2.53 bits per heavy atom. The van der Waals surface area contributed by atoms with Crippen LogP contribution in [0.2, 0.25) is 0 Å². The highest BCUT2D eigenvalue weighted by molar-refractivity contribution is 5.95. The highest BCUT2D eigenvalue weighted by atomic mass is 16.2. The number of carbonyl (C=O) groups excluding carboxylic acids is 2. The predicted molar refractivity (Wildman–Crippen MR) is 123 cm³/mol. The van der Waals surface area contributed by atoms with Gasteiger partial charge in [0.1, 0.15) is 0 Å². The Balaban J connectivity index is 1.37. The van der Waals surface area contributed by atoms with Gasteiger partial charge in [-0.3, -0.25) is 14.0 Å². The molecule has 5 rings (SSSR count). The molecule has 1 saturated heterocycles. The Labute approximate surface area is 187 Å². The molecule has 1 saturated carbocycles. The van der Waals surface area contributed by atoms with Crippen molar-refractivity contribution in [2.75, 3.05) is 11.9 Å². The van der Waals surface area contributed by atoms with Gasteiger partial charge in [0.15, 0.2) is 11.5 Å². The van der Waals surface area contributed by atoms with Gasteiger partial charge in [0.05, 0.1) is 5.69 Å². The molecule has 0 spiro atoms. The van der Waals surface area contributed by atoms with Crippen LogP contribution >= 0.6 is 0 Å². The summed E-state index contributed by atoms with van der Waals surface area (Å²) in [6, 6.07) is 11.7. The second kappa shape index (κ2) is 8.73. The molecule has 7 nitrogen and oxygen atoms in total. The predicted octanol–water partition coefficient (Wildman–Crippen LogP) is 4.54. The van der Waals surface area contributed by atoms with E-state index in [2.05, 4.69) is 22.4 Å². The summed E-state index contributed by atoms with van der Waals surface area (Å²) in [7, 11) is 0. The lowest BCUT2D eigenvalue weighted by molar-refractivity contribution is -0.122. The van der Waals surface area contributed by atoms with Gasteiger partial charge in [-0.1, -0.05) is 25.5 Å². The van der Waals surface area contributed by atoms with Gasteiger partial charge in [-0.2, -0.15) is 0 Å². The quantitative estimate of drug-likeness (QED) is 0.643. The van der Waals surface area contributed by atoms with Crippen LogP contribution in [0.4, 0.5) is 5.69 Å². The van der Waals surface area contributed by atoms with Crippen LogP contribution in [-0.4, -0.2) is 43.9 Å². The maximum atomic E-state index is 13.1. The normalized spacial score (nSPS) is 19.0. The Morgan fingerprint density at radius 1 is 1.00 bits per heavy atom. The SMILES string of the molecule is CC[C@@H]1CCCCN1C(=O)c1ccc(-c2nnc3ccc(NC(=O)C4CCC4)cn23)cc1. The average Bonchev–Trinajstić information content (AvgIpc) is 3.20. The van der Waals surface area contributed by atoms with Crippen molar-refractivity contribution in [3.05, 3.63) is 48.2 Å². The van der Waals surface area contributed by atoms with Crippen molar-refractivity contribution < 1.29 is 9.59 Å². The van der Waals surface area contributed by atoms with Gasteiger partial charge in [-0.05, 0) is 62.8 Å². The van der Waals surface area contributed by atoms with Crippen LogP contribution in [0.25, 0.3) is 17.0 Å². The third-order valence-electron chi connectivity index (χ3n) is 6.90. The highest BCUT2D eigenvalue weighted by Gasteiger charge is 2.27. The zero-order valence-corrected chi connectivity index (χ0v) is 18.5. The molecule has 166 valence electrons. The van der Waals surface area contributed by atoms with Gasteiger partial charge in [0.25, 0.3) is 5.91 Å². The maximum absolute atomic E-state index is 13.1. The van der Waals surface area contributed by atoms with Gasteiger partial charge >= 0.3 is 0 Å². The number of hydrogen-bond donors (Lipinski definition) is 1. The van der Waals surface area contributed by atoms with E-state index in [1.165, 1.54) is 6.42 Å². The summed E-state index contributed by atoms with van der Waals surface area (Å²) in [5, 5.41) is 11.6. The topological polar surface area (TPSA) is 79.6 Å². The number of aromatic nitrogens is 3. The molecule has 32 heavy (non-hydrogen) atoms. The fraction of sp³-hybridized carbons (Fsp3) is 0.440. The third-order valence-corrected chi connectivity index (χ3v) is 6.90. The Kier molecular flexibility index (Phi) is 5.64. The summed E-state index contributed by atoms with van der Waals surface area (Å²) in [6.45, 7) is 2.99. The number of nitrogens with one attached hydrogen (secondary N) is 1. The molecule has 1 aliphatic carbocycles. The zero-order chi connectivity index (χ0) is 22.1. The number of piperidine rings is 1. The number of benzene rings is 1. The number of hydrogen-bond acceptors (Lipinski definition) is 4. The van der Waals surface area contributed by atoms with Gasteiger partial charge in [-0.25, -0.2) is 0 Å². The molecule has 7 heteroatoms. The lowest BCUT2D eigenvalue weighted by Gasteiger charge is -2.35. The number of nitrogens with zero attached hydrogens (tertiary/aromatic N) is 4. The van der Waals surface area contributed by atoms with Crippen molar-refractivity contribution in [3.63, 3.8) is 0 Å². The monoisotopic (exact) mass is 431 g/mol. The lowest BCUT2D eigenvalue weighted by atomic mass is 9.85. The molecule has 2 aliphatic rings. The van der Waals surface area contributed by atoms with Crippen LogP contribution in [-0.2, 0) is 4.79 Å². The summed E-state index contributed by atoms with van der Waals surface area (Å²) in [4.78, 5) is 27.4. The van der Waals surface area contributed by atoms with Crippen molar-refractivity contribution in [1.82, 2.24) is 19.5 Å². The first-order chi connectivity index (χ1) is 15.6. The van der Waals surface area contributed by atoms with Crippen LogP contribution in [0.3, 0.4) is 0 Å². The number of fused-ring (bicyclic) bond motifs is 1. The van der Waals surface area contributed by atoms with E-state index >= 15 is 0 Å². The number of carbonyl (C=O) groups is 2. The zero-order valence-electron chi connectivity index (χ0n) is 18.5. The minimum Gasteiger partial charge on any atom is -0.336 e. The van der Waals surface area contributed by atoms with E-state index < -0.39 is 0 Å². The molecule has 1 aromatic carbocycles. The molecule has 2 amide bonds. The molecule has 3 aromatic rings. The van der Waals surface area contributed by atoms with E-state index in [9.17, 15) is 9.59 Å². The first-order valence-corrected chi connectivity index (χ1v) is 11.7. The van der Waals surface area contributed by atoms with E-state index in [-0.39, 0.29) is 17.7 Å². The van der Waals surface area contributed by atoms with Gasteiger partial charge in [-0.15, -0.1) is 10.2 Å². The van der Waals surface area contributed by atoms with Gasteiger partial charge in [0.2, 0.25) is 5.91 Å². The first kappa shape index (κ1) is 20.7. The van der Waals surface area contributed by atoms with Crippen LogP contribution in [0.1, 0.15) is 62.2 Å². The first-order valence-electron chi connectivity index (χ1n) is 11.7. The molecule has 2 fully saturated rings. The summed E-state index contributed by atoms with van der Waals surface area (Å²) in [5.74, 6) is 0.998. The minimum atomic E-state index is 0.0798. The van der Waals surface area contributed by atoms with E-state index in [0.29, 0.717) is 23.1 Å². The maximum Gasteiger partial charge on any atom is 0.254 e. The third kappa shape index (κ3) is 3.87. The summed E-state index contributed by atoms with van der Waals surface area (Å²) < 4.78 is 1.88. The Hall–Kier alpha value is -3.22. The van der Waals surface area contributed by atoms with Gasteiger partial charge in [0, 0.05) is 35.8 Å². The van der Waals surface area contributed by atoms with Gasteiger partial charge < -0.3 is 10.2 Å². The number of anilines is 1. The van der Waals surface area contributed by atoms with Crippen molar-refractivity contribution in [2.45, 2.75) is 57.9 Å². The lowest BCUT2D eigenvalue weighted by Crippen LogP contribution is -2.43. The molecular weight excluding hydrogens is 402 g/mol. The molecule has 1 aliphatic heterocycles. The summed E-state index contributed by atoms with van der Waals surface area (Å²) in [6.07, 6.45) is 9.28. The average molecular weight is 432 g/mol. The van der Waals surface area contributed by atoms with Crippen LogP contribution < -0.4 is 5.32 Å². The molecule has 0 unspecified atom stereocenters. The minimum absolute atomic E-state index is 0.0798. The standard InChI is InChI=1S/C25H29N5O2/c1-2-21-8-3-4-15-29(21)25(32)19-11-9-17(10-12-19)23-28-27-22-14-13-20(16-30(22)23)26-24(31)18-6-5-7-18/h9-14,16,18,21H,2-8,15H2,1H3,(H,26,31)/t21-/m1/s1. The molecule has 0 bridgehead atoms. The Morgan fingerprint density at radius 2 is 1.81 bits per heavy atom. The Bertz CT molecular complexity index is 1130. The second-order valence-corrected chi connectivity index (χ2v) is 8.92. The largest absolute Gasteiger partial charge is 0.336 e. The molecular formula is C25H29N5O2.